The molecule has 0 N–H and O–H groups in total. The zero-order valence-electron chi connectivity index (χ0n) is 34.3. The third-order valence-corrected chi connectivity index (χ3v) is 17.4. The lowest BCUT2D eigenvalue weighted by molar-refractivity contribution is 1.28. The summed E-state index contributed by atoms with van der Waals surface area (Å²) in [6, 6.07) is 95.8. The molecule has 292 valence electrons. The molecule has 10 aromatic carbocycles. The van der Waals surface area contributed by atoms with Crippen LogP contribution >= 0.6 is 0 Å². The number of nitrogens with zero attached hydrogens (tertiary/aromatic N) is 1. The Labute approximate surface area is 365 Å². The van der Waals surface area contributed by atoms with Crippen LogP contribution in [0.15, 0.2) is 261 Å². The van der Waals surface area contributed by atoms with Crippen LogP contribution in [-0.2, 0) is 0 Å². The van der Waals surface area contributed by atoms with Crippen LogP contribution in [0.3, 0.4) is 0 Å². The van der Waals surface area contributed by atoms with Crippen molar-refractivity contribution in [2.45, 2.75) is 0 Å². The fourth-order valence-corrected chi connectivity index (χ4v) is 14.8. The van der Waals surface area contributed by atoms with Gasteiger partial charge in [0.05, 0.1) is 0 Å². The lowest BCUT2D eigenvalue weighted by Crippen LogP contribution is -2.72. The van der Waals surface area contributed by atoms with E-state index < -0.39 is 8.07 Å². The summed E-state index contributed by atoms with van der Waals surface area (Å²) in [5.74, 6) is 0. The molecule has 0 fully saturated rings. The Morgan fingerprint density at radius 1 is 0.226 bits per heavy atom. The Kier molecular flexibility index (Phi) is 9.61. The standard InChI is InChI=1S/C60H43NSi/c1-5-16-44(17-6-1)46-28-35-52(36-29-46)61(53-37-30-47(31-38-53)45-18-7-2-8-19-45)54-39-32-48(33-40-54)49-20-15-21-50(42-49)51-34-41-58-57-26-13-14-27-59(57)62(60(58)43-51,55-22-9-3-10-23-55)56-24-11-4-12-25-56/h1-43H. The lowest BCUT2D eigenvalue weighted by atomic mass is 9.97. The molecule has 0 amide bonds. The van der Waals surface area contributed by atoms with Crippen LogP contribution in [0.4, 0.5) is 17.1 Å². The molecule has 0 aliphatic carbocycles. The summed E-state index contributed by atoms with van der Waals surface area (Å²) in [4.78, 5) is 2.35. The van der Waals surface area contributed by atoms with Crippen molar-refractivity contribution < 1.29 is 0 Å². The van der Waals surface area contributed by atoms with E-state index in [-0.39, 0.29) is 0 Å². The van der Waals surface area contributed by atoms with Crippen molar-refractivity contribution in [3.05, 3.63) is 261 Å². The Morgan fingerprint density at radius 3 is 1.06 bits per heavy atom. The van der Waals surface area contributed by atoms with Crippen molar-refractivity contribution in [3.63, 3.8) is 0 Å². The van der Waals surface area contributed by atoms with Crippen LogP contribution in [0, 0.1) is 0 Å². The van der Waals surface area contributed by atoms with Gasteiger partial charge in [-0.2, -0.15) is 0 Å². The Morgan fingerprint density at radius 2 is 0.565 bits per heavy atom. The molecule has 10 aromatic rings. The van der Waals surface area contributed by atoms with Gasteiger partial charge in [-0.1, -0.05) is 218 Å². The third-order valence-electron chi connectivity index (χ3n) is 12.6. The van der Waals surface area contributed by atoms with E-state index in [0.717, 1.165) is 17.1 Å². The van der Waals surface area contributed by atoms with Gasteiger partial charge in [0.15, 0.2) is 8.07 Å². The minimum atomic E-state index is -2.59. The normalized spacial score (nSPS) is 12.3. The monoisotopic (exact) mass is 805 g/mol. The maximum Gasteiger partial charge on any atom is 0.180 e. The molecule has 0 saturated carbocycles. The van der Waals surface area contributed by atoms with E-state index in [9.17, 15) is 0 Å². The van der Waals surface area contributed by atoms with Crippen molar-refractivity contribution >= 4 is 45.9 Å². The zero-order chi connectivity index (χ0) is 41.3. The van der Waals surface area contributed by atoms with Gasteiger partial charge >= 0.3 is 0 Å². The minimum absolute atomic E-state index is 1.10. The first-order valence-electron chi connectivity index (χ1n) is 21.4. The molecule has 2 heteroatoms. The topological polar surface area (TPSA) is 3.24 Å². The second kappa shape index (κ2) is 16.0. The summed E-state index contributed by atoms with van der Waals surface area (Å²) in [5, 5.41) is 5.75. The zero-order valence-corrected chi connectivity index (χ0v) is 35.3. The number of anilines is 3. The summed E-state index contributed by atoms with van der Waals surface area (Å²) in [5.41, 5.74) is 15.7. The molecule has 62 heavy (non-hydrogen) atoms. The molecule has 1 nitrogen and oxygen atoms in total. The highest BCUT2D eigenvalue weighted by Crippen LogP contribution is 2.39. The van der Waals surface area contributed by atoms with Crippen LogP contribution in [-0.4, -0.2) is 8.07 Å². The number of fused-ring (bicyclic) bond motifs is 3. The van der Waals surface area contributed by atoms with Gasteiger partial charge in [0.25, 0.3) is 0 Å². The molecule has 0 radical (unpaired) electrons. The van der Waals surface area contributed by atoms with Crippen molar-refractivity contribution in [2.75, 3.05) is 4.90 Å². The largest absolute Gasteiger partial charge is 0.311 e. The highest BCUT2D eigenvalue weighted by molar-refractivity contribution is 7.22. The van der Waals surface area contributed by atoms with E-state index in [0.29, 0.717) is 0 Å². The molecular formula is C60H43NSi. The fraction of sp³-hybridized carbons (Fsp3) is 0. The molecule has 0 saturated heterocycles. The summed E-state index contributed by atoms with van der Waals surface area (Å²) in [7, 11) is -2.59. The Bertz CT molecular complexity index is 3000. The summed E-state index contributed by atoms with van der Waals surface area (Å²) in [6.45, 7) is 0. The van der Waals surface area contributed by atoms with Gasteiger partial charge in [-0.15, -0.1) is 0 Å². The summed E-state index contributed by atoms with van der Waals surface area (Å²) in [6.07, 6.45) is 0. The van der Waals surface area contributed by atoms with Crippen molar-refractivity contribution in [3.8, 4) is 55.6 Å². The van der Waals surface area contributed by atoms with Crippen molar-refractivity contribution in [2.24, 2.45) is 0 Å². The second-order valence-electron chi connectivity index (χ2n) is 16.1. The SMILES string of the molecule is c1ccc(-c2ccc(N(c3ccc(-c4ccccc4)cc3)c3ccc(-c4cccc(-c5ccc6c(c5)[Si](c5ccccc5)(c5ccccc5)c5ccccc5-6)c4)cc3)cc2)cc1. The average molecular weight is 806 g/mol. The van der Waals surface area contributed by atoms with Gasteiger partial charge in [-0.3, -0.25) is 0 Å². The van der Waals surface area contributed by atoms with Crippen LogP contribution in [0.25, 0.3) is 55.6 Å². The van der Waals surface area contributed by atoms with Gasteiger partial charge in [0.2, 0.25) is 0 Å². The highest BCUT2D eigenvalue weighted by atomic mass is 28.3. The lowest BCUT2D eigenvalue weighted by Gasteiger charge is -2.31. The van der Waals surface area contributed by atoms with Crippen LogP contribution in [0.2, 0.25) is 0 Å². The fourth-order valence-electron chi connectivity index (χ4n) is 9.62. The summed E-state index contributed by atoms with van der Waals surface area (Å²) < 4.78 is 0. The first kappa shape index (κ1) is 37.2. The maximum absolute atomic E-state index is 2.59. The molecule has 1 aliphatic rings. The van der Waals surface area contributed by atoms with Crippen LogP contribution in [0.5, 0.6) is 0 Å². The molecule has 11 rings (SSSR count). The number of hydrogen-bond acceptors (Lipinski definition) is 1. The third kappa shape index (κ3) is 6.59. The molecule has 0 bridgehead atoms. The quantitative estimate of drug-likeness (QED) is 0.131. The van der Waals surface area contributed by atoms with Gasteiger partial charge < -0.3 is 4.90 Å². The minimum Gasteiger partial charge on any atom is -0.311 e. The van der Waals surface area contributed by atoms with Gasteiger partial charge in [-0.25, -0.2) is 0 Å². The van der Waals surface area contributed by atoms with Gasteiger partial charge in [0, 0.05) is 17.1 Å². The van der Waals surface area contributed by atoms with E-state index >= 15 is 0 Å². The van der Waals surface area contributed by atoms with Crippen LogP contribution in [0.1, 0.15) is 0 Å². The average Bonchev–Trinajstić information content (AvgIpc) is 3.66. The molecule has 0 spiro atoms. The predicted molar refractivity (Wildman–Crippen MR) is 265 cm³/mol. The van der Waals surface area contributed by atoms with Gasteiger partial charge in [0.1, 0.15) is 0 Å². The summed E-state index contributed by atoms with van der Waals surface area (Å²) >= 11 is 0. The Balaban J connectivity index is 0.961. The van der Waals surface area contributed by atoms with E-state index in [1.54, 1.807) is 0 Å². The first-order valence-corrected chi connectivity index (χ1v) is 23.4. The smallest absolute Gasteiger partial charge is 0.180 e. The maximum atomic E-state index is 2.51. The van der Waals surface area contributed by atoms with Crippen molar-refractivity contribution in [1.82, 2.24) is 0 Å². The molecule has 0 atom stereocenters. The molecular weight excluding hydrogens is 763 g/mol. The number of rotatable bonds is 9. The van der Waals surface area contributed by atoms with E-state index in [2.05, 4.69) is 266 Å². The highest BCUT2D eigenvalue weighted by Gasteiger charge is 2.48. The number of hydrogen-bond donors (Lipinski definition) is 0. The predicted octanol–water partition coefficient (Wildman–Crippen LogP) is 13.2. The first-order chi connectivity index (χ1) is 30.7. The molecule has 1 heterocycles. The second-order valence-corrected chi connectivity index (χ2v) is 19.8. The van der Waals surface area contributed by atoms with E-state index in [1.165, 1.54) is 76.4 Å². The van der Waals surface area contributed by atoms with Gasteiger partial charge in [-0.05, 0) is 119 Å². The van der Waals surface area contributed by atoms with E-state index in [4.69, 9.17) is 0 Å². The van der Waals surface area contributed by atoms with Crippen molar-refractivity contribution in [1.29, 1.82) is 0 Å². The molecule has 0 unspecified atom stereocenters. The van der Waals surface area contributed by atoms with Crippen LogP contribution < -0.4 is 25.6 Å². The Hall–Kier alpha value is -7.78. The molecule has 1 aliphatic heterocycles. The molecule has 0 aromatic heterocycles. The van der Waals surface area contributed by atoms with E-state index in [1.807, 2.05) is 0 Å². The number of benzene rings is 10.